The molecule has 1 fully saturated rings. The SMILES string of the molecule is CC.CC/C(C)=C/C=C1\COCCO1. The lowest BCUT2D eigenvalue weighted by atomic mass is 10.2. The molecule has 0 saturated carbocycles. The van der Waals surface area contributed by atoms with Crippen molar-refractivity contribution in [1.29, 1.82) is 0 Å². The predicted molar refractivity (Wildman–Crippen MR) is 60.3 cm³/mol. The summed E-state index contributed by atoms with van der Waals surface area (Å²) in [6.07, 6.45) is 5.17. The third-order valence-corrected chi connectivity index (χ3v) is 1.87. The van der Waals surface area contributed by atoms with Gasteiger partial charge in [-0.3, -0.25) is 0 Å². The first-order chi connectivity index (χ1) is 6.83. The molecular weight excluding hydrogens is 176 g/mol. The van der Waals surface area contributed by atoms with Gasteiger partial charge in [0.2, 0.25) is 0 Å². The maximum atomic E-state index is 5.36. The summed E-state index contributed by atoms with van der Waals surface area (Å²) in [6, 6.07) is 0. The average molecular weight is 198 g/mol. The van der Waals surface area contributed by atoms with E-state index in [9.17, 15) is 0 Å². The van der Waals surface area contributed by atoms with E-state index in [0.717, 1.165) is 12.2 Å². The second-order valence-electron chi connectivity index (χ2n) is 2.90. The number of hydrogen-bond acceptors (Lipinski definition) is 2. The molecule has 1 rings (SSSR count). The molecule has 0 aliphatic carbocycles. The van der Waals surface area contributed by atoms with Gasteiger partial charge in [0.15, 0.2) is 0 Å². The Morgan fingerprint density at radius 1 is 1.36 bits per heavy atom. The molecule has 0 N–H and O–H groups in total. The van der Waals surface area contributed by atoms with Crippen LogP contribution in [0.2, 0.25) is 0 Å². The van der Waals surface area contributed by atoms with Crippen LogP contribution in [0, 0.1) is 0 Å². The fraction of sp³-hybridized carbons (Fsp3) is 0.667. The van der Waals surface area contributed by atoms with Crippen molar-refractivity contribution in [3.05, 3.63) is 23.5 Å². The van der Waals surface area contributed by atoms with Gasteiger partial charge in [-0.1, -0.05) is 32.4 Å². The molecule has 2 heteroatoms. The van der Waals surface area contributed by atoms with Crippen molar-refractivity contribution in [2.45, 2.75) is 34.1 Å². The van der Waals surface area contributed by atoms with Crippen molar-refractivity contribution in [3.8, 4) is 0 Å². The molecule has 0 aromatic carbocycles. The zero-order chi connectivity index (χ0) is 10.8. The topological polar surface area (TPSA) is 18.5 Å². The van der Waals surface area contributed by atoms with Gasteiger partial charge in [-0.2, -0.15) is 0 Å². The smallest absolute Gasteiger partial charge is 0.122 e. The van der Waals surface area contributed by atoms with E-state index in [1.165, 1.54) is 5.57 Å². The highest BCUT2D eigenvalue weighted by Crippen LogP contribution is 2.06. The van der Waals surface area contributed by atoms with Crippen LogP contribution in [0.4, 0.5) is 0 Å². The van der Waals surface area contributed by atoms with Gasteiger partial charge in [0.1, 0.15) is 19.0 Å². The Morgan fingerprint density at radius 2 is 2.07 bits per heavy atom. The Balaban J connectivity index is 0.000000791. The Hall–Kier alpha value is -0.760. The standard InChI is InChI=1S/C10H16O2.C2H6/c1-3-9(2)4-5-10-8-11-6-7-12-10;1-2/h4-5H,3,6-8H2,1-2H3;1-2H3/b9-4+,10-5+;. The molecule has 1 aliphatic rings. The molecule has 1 saturated heterocycles. The van der Waals surface area contributed by atoms with Gasteiger partial charge in [0.25, 0.3) is 0 Å². The highest BCUT2D eigenvalue weighted by Gasteiger charge is 2.03. The van der Waals surface area contributed by atoms with Crippen molar-refractivity contribution < 1.29 is 9.47 Å². The minimum absolute atomic E-state index is 0.619. The Labute approximate surface area is 87.6 Å². The summed E-state index contributed by atoms with van der Waals surface area (Å²) in [7, 11) is 0. The van der Waals surface area contributed by atoms with E-state index in [1.807, 2.05) is 19.9 Å². The van der Waals surface area contributed by atoms with E-state index < -0.39 is 0 Å². The molecule has 2 nitrogen and oxygen atoms in total. The molecule has 1 heterocycles. The molecule has 0 atom stereocenters. The van der Waals surface area contributed by atoms with Crippen LogP contribution in [-0.2, 0) is 9.47 Å². The van der Waals surface area contributed by atoms with E-state index in [-0.39, 0.29) is 0 Å². The van der Waals surface area contributed by atoms with Crippen molar-refractivity contribution in [2.75, 3.05) is 19.8 Å². The van der Waals surface area contributed by atoms with Gasteiger partial charge in [-0.15, -0.1) is 0 Å². The Bertz CT molecular complexity index is 184. The third kappa shape index (κ3) is 5.81. The van der Waals surface area contributed by atoms with Crippen molar-refractivity contribution in [1.82, 2.24) is 0 Å². The molecule has 0 radical (unpaired) electrons. The van der Waals surface area contributed by atoms with Gasteiger partial charge in [-0.25, -0.2) is 0 Å². The van der Waals surface area contributed by atoms with Crippen LogP contribution in [0.3, 0.4) is 0 Å². The van der Waals surface area contributed by atoms with E-state index in [1.54, 1.807) is 0 Å². The summed E-state index contributed by atoms with van der Waals surface area (Å²) in [6.45, 7) is 10.3. The van der Waals surface area contributed by atoms with Gasteiger partial charge >= 0.3 is 0 Å². The lowest BCUT2D eigenvalue weighted by Crippen LogP contribution is -2.15. The number of ether oxygens (including phenoxy) is 2. The lowest BCUT2D eigenvalue weighted by Gasteiger charge is -2.15. The minimum Gasteiger partial charge on any atom is -0.493 e. The molecule has 82 valence electrons. The highest BCUT2D eigenvalue weighted by atomic mass is 16.6. The zero-order valence-electron chi connectivity index (χ0n) is 9.80. The fourth-order valence-electron chi connectivity index (χ4n) is 0.895. The van der Waals surface area contributed by atoms with Crippen molar-refractivity contribution in [3.63, 3.8) is 0 Å². The summed E-state index contributed by atoms with van der Waals surface area (Å²) in [5.41, 5.74) is 1.36. The molecule has 1 aliphatic heterocycles. The van der Waals surface area contributed by atoms with Gasteiger partial charge in [0.05, 0.1) is 6.61 Å². The minimum atomic E-state index is 0.619. The Kier molecular flexibility index (Phi) is 8.34. The van der Waals surface area contributed by atoms with Gasteiger partial charge < -0.3 is 9.47 Å². The van der Waals surface area contributed by atoms with Crippen LogP contribution in [0.15, 0.2) is 23.5 Å². The van der Waals surface area contributed by atoms with E-state index in [4.69, 9.17) is 9.47 Å². The summed E-state index contributed by atoms with van der Waals surface area (Å²) >= 11 is 0. The molecule has 0 spiro atoms. The molecule has 0 aromatic heterocycles. The van der Waals surface area contributed by atoms with Crippen molar-refractivity contribution in [2.24, 2.45) is 0 Å². The fourth-order valence-corrected chi connectivity index (χ4v) is 0.895. The maximum Gasteiger partial charge on any atom is 0.122 e. The average Bonchev–Trinajstić information content (AvgIpc) is 2.30. The molecule has 0 bridgehead atoms. The van der Waals surface area contributed by atoms with Crippen LogP contribution >= 0.6 is 0 Å². The largest absolute Gasteiger partial charge is 0.493 e. The normalized spacial score (nSPS) is 19.7. The second-order valence-corrected chi connectivity index (χ2v) is 2.90. The monoisotopic (exact) mass is 198 g/mol. The Morgan fingerprint density at radius 3 is 2.57 bits per heavy atom. The van der Waals surface area contributed by atoms with Gasteiger partial charge in [-0.05, 0) is 19.4 Å². The lowest BCUT2D eigenvalue weighted by molar-refractivity contribution is 0.0135. The van der Waals surface area contributed by atoms with Crippen LogP contribution in [0.5, 0.6) is 0 Å². The van der Waals surface area contributed by atoms with E-state index in [0.29, 0.717) is 19.8 Å². The predicted octanol–water partition coefficient (Wildman–Crippen LogP) is 3.30. The van der Waals surface area contributed by atoms with E-state index in [2.05, 4.69) is 19.9 Å². The quantitative estimate of drug-likeness (QED) is 0.677. The van der Waals surface area contributed by atoms with Crippen LogP contribution < -0.4 is 0 Å². The van der Waals surface area contributed by atoms with Crippen LogP contribution in [0.1, 0.15) is 34.1 Å². The molecule has 0 aromatic rings. The molecule has 0 amide bonds. The summed E-state index contributed by atoms with van der Waals surface area (Å²) < 4.78 is 10.6. The second kappa shape index (κ2) is 8.82. The van der Waals surface area contributed by atoms with Crippen LogP contribution in [0.25, 0.3) is 0 Å². The van der Waals surface area contributed by atoms with E-state index >= 15 is 0 Å². The maximum absolute atomic E-state index is 5.36. The summed E-state index contributed by atoms with van der Waals surface area (Å²) in [5.74, 6) is 0.939. The van der Waals surface area contributed by atoms with Crippen LogP contribution in [-0.4, -0.2) is 19.8 Å². The van der Waals surface area contributed by atoms with Crippen molar-refractivity contribution >= 4 is 0 Å². The number of rotatable bonds is 2. The highest BCUT2D eigenvalue weighted by molar-refractivity contribution is 5.13. The summed E-state index contributed by atoms with van der Waals surface area (Å²) in [4.78, 5) is 0. The first kappa shape index (κ1) is 13.2. The first-order valence-corrected chi connectivity index (χ1v) is 5.40. The number of allylic oxidation sites excluding steroid dienone is 3. The number of hydrogen-bond donors (Lipinski definition) is 0. The van der Waals surface area contributed by atoms with Gasteiger partial charge in [0, 0.05) is 0 Å². The first-order valence-electron chi connectivity index (χ1n) is 5.40. The molecule has 0 unspecified atom stereocenters. The summed E-state index contributed by atoms with van der Waals surface area (Å²) in [5, 5.41) is 0. The third-order valence-electron chi connectivity index (χ3n) is 1.87. The molecule has 14 heavy (non-hydrogen) atoms. The molecular formula is C12H22O2. The zero-order valence-corrected chi connectivity index (χ0v) is 9.80.